The SMILES string of the molecule is NCC(O)c1c(O)ccc2c1OCCCO2. The normalized spacial score (nSPS) is 16.6. The van der Waals surface area contributed by atoms with Gasteiger partial charge in [0, 0.05) is 13.0 Å². The molecule has 5 nitrogen and oxygen atoms in total. The molecule has 2 rings (SSSR count). The van der Waals surface area contributed by atoms with Gasteiger partial charge in [-0.3, -0.25) is 0 Å². The number of phenolic OH excluding ortho intramolecular Hbond substituents is 1. The first-order chi connectivity index (χ1) is 7.74. The molecule has 0 bridgehead atoms. The van der Waals surface area contributed by atoms with E-state index >= 15 is 0 Å². The van der Waals surface area contributed by atoms with Gasteiger partial charge in [-0.1, -0.05) is 0 Å². The first kappa shape index (κ1) is 11.0. The second-order valence-corrected chi connectivity index (χ2v) is 3.63. The number of nitrogens with two attached hydrogens (primary N) is 1. The Bertz CT molecular complexity index is 380. The summed E-state index contributed by atoms with van der Waals surface area (Å²) in [5.74, 6) is 0.912. The van der Waals surface area contributed by atoms with Gasteiger partial charge in [0.25, 0.3) is 0 Å². The maximum Gasteiger partial charge on any atom is 0.170 e. The molecule has 1 aromatic carbocycles. The predicted molar refractivity (Wildman–Crippen MR) is 57.7 cm³/mol. The number of ether oxygens (including phenoxy) is 2. The summed E-state index contributed by atoms with van der Waals surface area (Å²) >= 11 is 0. The Balaban J connectivity index is 2.48. The van der Waals surface area contributed by atoms with Gasteiger partial charge in [0.2, 0.25) is 0 Å². The van der Waals surface area contributed by atoms with Gasteiger partial charge in [-0.2, -0.15) is 0 Å². The number of hydrogen-bond donors (Lipinski definition) is 3. The van der Waals surface area contributed by atoms with Crippen LogP contribution in [0.1, 0.15) is 18.1 Å². The fraction of sp³-hybridized carbons (Fsp3) is 0.455. The smallest absolute Gasteiger partial charge is 0.170 e. The van der Waals surface area contributed by atoms with Crippen molar-refractivity contribution in [1.29, 1.82) is 0 Å². The third-order valence-corrected chi connectivity index (χ3v) is 2.49. The largest absolute Gasteiger partial charge is 0.507 e. The van der Waals surface area contributed by atoms with Crippen LogP contribution in [0.2, 0.25) is 0 Å². The molecule has 0 spiro atoms. The van der Waals surface area contributed by atoms with E-state index in [1.807, 2.05) is 0 Å². The lowest BCUT2D eigenvalue weighted by molar-refractivity contribution is 0.175. The summed E-state index contributed by atoms with van der Waals surface area (Å²) in [6.45, 7) is 1.09. The first-order valence-electron chi connectivity index (χ1n) is 5.23. The third-order valence-electron chi connectivity index (χ3n) is 2.49. The minimum atomic E-state index is -0.948. The Morgan fingerprint density at radius 1 is 1.31 bits per heavy atom. The number of hydrogen-bond acceptors (Lipinski definition) is 5. The van der Waals surface area contributed by atoms with Gasteiger partial charge in [-0.15, -0.1) is 0 Å². The molecule has 0 amide bonds. The summed E-state index contributed by atoms with van der Waals surface area (Å²) in [4.78, 5) is 0. The highest BCUT2D eigenvalue weighted by molar-refractivity contribution is 5.54. The lowest BCUT2D eigenvalue weighted by atomic mass is 10.1. The van der Waals surface area contributed by atoms with E-state index in [2.05, 4.69) is 0 Å². The Morgan fingerprint density at radius 2 is 2.06 bits per heavy atom. The topological polar surface area (TPSA) is 84.9 Å². The van der Waals surface area contributed by atoms with Crippen molar-refractivity contribution >= 4 is 0 Å². The molecule has 1 aliphatic rings. The fourth-order valence-corrected chi connectivity index (χ4v) is 1.69. The molecule has 0 saturated heterocycles. The standard InChI is InChI=1S/C11H15NO4/c12-6-8(14)10-7(13)2-3-9-11(10)16-5-1-4-15-9/h2-3,8,13-14H,1,4-6,12H2. The zero-order valence-electron chi connectivity index (χ0n) is 8.85. The van der Waals surface area contributed by atoms with Gasteiger partial charge < -0.3 is 25.4 Å². The van der Waals surface area contributed by atoms with Gasteiger partial charge in [-0.25, -0.2) is 0 Å². The van der Waals surface area contributed by atoms with E-state index in [1.165, 1.54) is 6.07 Å². The van der Waals surface area contributed by atoms with E-state index in [-0.39, 0.29) is 12.3 Å². The zero-order valence-corrected chi connectivity index (χ0v) is 8.85. The molecule has 16 heavy (non-hydrogen) atoms. The van der Waals surface area contributed by atoms with Crippen molar-refractivity contribution < 1.29 is 19.7 Å². The number of rotatable bonds is 2. The highest BCUT2D eigenvalue weighted by atomic mass is 16.5. The van der Waals surface area contributed by atoms with Crippen molar-refractivity contribution in [3.05, 3.63) is 17.7 Å². The fourth-order valence-electron chi connectivity index (χ4n) is 1.69. The van der Waals surface area contributed by atoms with Crippen LogP contribution < -0.4 is 15.2 Å². The van der Waals surface area contributed by atoms with E-state index in [4.69, 9.17) is 15.2 Å². The Labute approximate surface area is 93.4 Å². The summed E-state index contributed by atoms with van der Waals surface area (Å²) in [5.41, 5.74) is 5.69. The lowest BCUT2D eigenvalue weighted by Crippen LogP contribution is -2.13. The summed E-state index contributed by atoms with van der Waals surface area (Å²) in [6, 6.07) is 3.10. The first-order valence-corrected chi connectivity index (χ1v) is 5.23. The molecule has 0 aliphatic carbocycles. The average molecular weight is 225 g/mol. The number of aliphatic hydroxyl groups is 1. The van der Waals surface area contributed by atoms with Crippen molar-refractivity contribution in [1.82, 2.24) is 0 Å². The molecular weight excluding hydrogens is 210 g/mol. The van der Waals surface area contributed by atoms with E-state index in [0.29, 0.717) is 30.3 Å². The Morgan fingerprint density at radius 3 is 2.81 bits per heavy atom. The number of fused-ring (bicyclic) bond motifs is 1. The molecule has 88 valence electrons. The Hall–Kier alpha value is -1.46. The maximum absolute atomic E-state index is 9.74. The summed E-state index contributed by atoms with van der Waals surface area (Å²) in [6.07, 6.45) is -0.176. The molecule has 0 fully saturated rings. The lowest BCUT2D eigenvalue weighted by Gasteiger charge is -2.17. The second kappa shape index (κ2) is 4.59. The number of benzene rings is 1. The monoisotopic (exact) mass is 225 g/mol. The van der Waals surface area contributed by atoms with Crippen LogP contribution in [-0.2, 0) is 0 Å². The summed E-state index contributed by atoms with van der Waals surface area (Å²) in [7, 11) is 0. The van der Waals surface area contributed by atoms with Crippen LogP contribution in [0.5, 0.6) is 17.2 Å². The molecule has 4 N–H and O–H groups in total. The zero-order chi connectivity index (χ0) is 11.5. The summed E-state index contributed by atoms with van der Waals surface area (Å²) in [5, 5.41) is 19.4. The van der Waals surface area contributed by atoms with Gasteiger partial charge in [0.15, 0.2) is 11.5 Å². The molecule has 0 radical (unpaired) electrons. The van der Waals surface area contributed by atoms with Crippen molar-refractivity contribution in [2.75, 3.05) is 19.8 Å². The molecule has 1 atom stereocenters. The van der Waals surface area contributed by atoms with Crippen molar-refractivity contribution in [3.8, 4) is 17.2 Å². The molecule has 0 aromatic heterocycles. The van der Waals surface area contributed by atoms with Crippen LogP contribution in [0.4, 0.5) is 0 Å². The number of phenols is 1. The molecule has 1 unspecified atom stereocenters. The average Bonchev–Trinajstić information content (AvgIpc) is 2.53. The highest BCUT2D eigenvalue weighted by Crippen LogP contribution is 2.41. The van der Waals surface area contributed by atoms with Crippen LogP contribution in [0.15, 0.2) is 12.1 Å². The number of aliphatic hydroxyl groups excluding tert-OH is 1. The van der Waals surface area contributed by atoms with Crippen molar-refractivity contribution in [2.45, 2.75) is 12.5 Å². The second-order valence-electron chi connectivity index (χ2n) is 3.63. The molecule has 1 aromatic rings. The van der Waals surface area contributed by atoms with Gasteiger partial charge >= 0.3 is 0 Å². The predicted octanol–water partition coefficient (Wildman–Crippen LogP) is 0.546. The van der Waals surface area contributed by atoms with Crippen LogP contribution >= 0.6 is 0 Å². The van der Waals surface area contributed by atoms with Crippen LogP contribution in [0.25, 0.3) is 0 Å². The number of aromatic hydroxyl groups is 1. The molecule has 1 aliphatic heterocycles. The van der Waals surface area contributed by atoms with E-state index in [9.17, 15) is 10.2 Å². The van der Waals surface area contributed by atoms with E-state index in [0.717, 1.165) is 6.42 Å². The molecule has 5 heteroatoms. The Kier molecular flexibility index (Phi) is 3.17. The van der Waals surface area contributed by atoms with Crippen LogP contribution in [0.3, 0.4) is 0 Å². The molecular formula is C11H15NO4. The quantitative estimate of drug-likeness (QED) is 0.684. The van der Waals surface area contributed by atoms with Crippen LogP contribution in [0, 0.1) is 0 Å². The molecule has 0 saturated carbocycles. The summed E-state index contributed by atoms with van der Waals surface area (Å²) < 4.78 is 10.9. The minimum Gasteiger partial charge on any atom is -0.507 e. The third kappa shape index (κ3) is 1.91. The van der Waals surface area contributed by atoms with E-state index in [1.54, 1.807) is 6.07 Å². The van der Waals surface area contributed by atoms with E-state index < -0.39 is 6.10 Å². The van der Waals surface area contributed by atoms with Crippen molar-refractivity contribution in [2.24, 2.45) is 5.73 Å². The maximum atomic E-state index is 9.74. The van der Waals surface area contributed by atoms with Gasteiger partial charge in [-0.05, 0) is 12.1 Å². The van der Waals surface area contributed by atoms with Gasteiger partial charge in [0.1, 0.15) is 5.75 Å². The van der Waals surface area contributed by atoms with Crippen molar-refractivity contribution in [3.63, 3.8) is 0 Å². The van der Waals surface area contributed by atoms with Crippen LogP contribution in [-0.4, -0.2) is 30.0 Å². The van der Waals surface area contributed by atoms with Gasteiger partial charge in [0.05, 0.1) is 24.9 Å². The minimum absolute atomic E-state index is 0.0212. The highest BCUT2D eigenvalue weighted by Gasteiger charge is 2.22. The molecule has 1 heterocycles.